The normalized spacial score (nSPS) is 15.2. The SMILES string of the molecule is Cc1c(N)nc(C2CC2)nc1-n1cc(Cl)cn1. The first-order valence-corrected chi connectivity index (χ1v) is 5.87. The van der Waals surface area contributed by atoms with Crippen molar-refractivity contribution in [2.75, 3.05) is 5.73 Å². The summed E-state index contributed by atoms with van der Waals surface area (Å²) in [4.78, 5) is 8.85. The van der Waals surface area contributed by atoms with Crippen LogP contribution in [0.15, 0.2) is 12.4 Å². The lowest BCUT2D eigenvalue weighted by Gasteiger charge is -2.09. The first-order valence-electron chi connectivity index (χ1n) is 5.49. The van der Waals surface area contributed by atoms with E-state index in [1.54, 1.807) is 17.1 Å². The molecule has 1 aliphatic carbocycles. The van der Waals surface area contributed by atoms with E-state index in [1.165, 1.54) is 0 Å². The van der Waals surface area contributed by atoms with Crippen LogP contribution in [0, 0.1) is 6.92 Å². The molecule has 2 aromatic heterocycles. The molecule has 2 heterocycles. The second-order valence-electron chi connectivity index (χ2n) is 4.29. The standard InChI is InChI=1S/C11H12ClN5/c1-6-9(13)15-10(7-2-3-7)16-11(6)17-5-8(12)4-14-17/h4-5,7H,2-3H2,1H3,(H2,13,15,16). The van der Waals surface area contributed by atoms with Crippen LogP contribution >= 0.6 is 11.6 Å². The van der Waals surface area contributed by atoms with Crippen molar-refractivity contribution < 1.29 is 0 Å². The molecule has 3 rings (SSSR count). The summed E-state index contributed by atoms with van der Waals surface area (Å²) >= 11 is 5.86. The molecule has 0 atom stereocenters. The predicted molar refractivity (Wildman–Crippen MR) is 65.3 cm³/mol. The third kappa shape index (κ3) is 1.86. The lowest BCUT2D eigenvalue weighted by molar-refractivity contribution is 0.802. The molecule has 5 nitrogen and oxygen atoms in total. The maximum absolute atomic E-state index is 5.91. The Morgan fingerprint density at radius 1 is 1.41 bits per heavy atom. The van der Waals surface area contributed by atoms with Crippen molar-refractivity contribution in [1.29, 1.82) is 0 Å². The van der Waals surface area contributed by atoms with E-state index in [9.17, 15) is 0 Å². The Labute approximate surface area is 104 Å². The van der Waals surface area contributed by atoms with Crippen LogP contribution in [0.25, 0.3) is 5.82 Å². The average molecular weight is 250 g/mol. The van der Waals surface area contributed by atoms with Crippen LogP contribution in [0.1, 0.15) is 30.1 Å². The maximum Gasteiger partial charge on any atom is 0.162 e. The predicted octanol–water partition coefficient (Wildman–Crippen LogP) is 2.08. The van der Waals surface area contributed by atoms with Gasteiger partial charge in [0, 0.05) is 11.5 Å². The van der Waals surface area contributed by atoms with Crippen LogP contribution in [-0.4, -0.2) is 19.7 Å². The Balaban J connectivity index is 2.13. The van der Waals surface area contributed by atoms with E-state index >= 15 is 0 Å². The van der Waals surface area contributed by atoms with Gasteiger partial charge in [-0.15, -0.1) is 0 Å². The van der Waals surface area contributed by atoms with Crippen molar-refractivity contribution in [2.45, 2.75) is 25.7 Å². The van der Waals surface area contributed by atoms with Gasteiger partial charge >= 0.3 is 0 Å². The molecule has 0 radical (unpaired) electrons. The highest BCUT2D eigenvalue weighted by atomic mass is 35.5. The summed E-state index contributed by atoms with van der Waals surface area (Å²) in [6.45, 7) is 1.89. The van der Waals surface area contributed by atoms with Crippen molar-refractivity contribution in [2.24, 2.45) is 0 Å². The second kappa shape index (κ2) is 3.70. The zero-order valence-corrected chi connectivity index (χ0v) is 10.1. The molecule has 0 aliphatic heterocycles. The molecule has 1 saturated carbocycles. The smallest absolute Gasteiger partial charge is 0.162 e. The Kier molecular flexibility index (Phi) is 2.29. The summed E-state index contributed by atoms with van der Waals surface area (Å²) in [5.41, 5.74) is 6.73. The van der Waals surface area contributed by atoms with Gasteiger partial charge in [-0.1, -0.05) is 11.6 Å². The number of aromatic nitrogens is 4. The first-order chi connectivity index (χ1) is 8.15. The van der Waals surface area contributed by atoms with Crippen molar-refractivity contribution in [3.05, 3.63) is 28.8 Å². The fraction of sp³-hybridized carbons (Fsp3) is 0.364. The average Bonchev–Trinajstić information content (AvgIpc) is 3.05. The van der Waals surface area contributed by atoms with Gasteiger partial charge in [-0.25, -0.2) is 14.6 Å². The van der Waals surface area contributed by atoms with Gasteiger partial charge in [0.25, 0.3) is 0 Å². The molecule has 6 heteroatoms. The number of anilines is 1. The largest absolute Gasteiger partial charge is 0.383 e. The van der Waals surface area contributed by atoms with Crippen molar-refractivity contribution in [3.63, 3.8) is 0 Å². The number of nitrogens with zero attached hydrogens (tertiary/aromatic N) is 4. The molecule has 0 saturated heterocycles. The van der Waals surface area contributed by atoms with Gasteiger partial charge in [0.05, 0.1) is 17.4 Å². The molecule has 0 bridgehead atoms. The monoisotopic (exact) mass is 249 g/mol. The lowest BCUT2D eigenvalue weighted by atomic mass is 10.3. The van der Waals surface area contributed by atoms with E-state index in [1.807, 2.05) is 6.92 Å². The highest BCUT2D eigenvalue weighted by molar-refractivity contribution is 6.30. The number of nitrogens with two attached hydrogens (primary N) is 1. The Morgan fingerprint density at radius 2 is 2.18 bits per heavy atom. The fourth-order valence-corrected chi connectivity index (χ4v) is 1.84. The Hall–Kier alpha value is -1.62. The van der Waals surface area contributed by atoms with E-state index in [4.69, 9.17) is 17.3 Å². The molecule has 1 fully saturated rings. The summed E-state index contributed by atoms with van der Waals surface area (Å²) in [7, 11) is 0. The molecule has 1 aliphatic rings. The minimum Gasteiger partial charge on any atom is -0.383 e. The minimum absolute atomic E-state index is 0.461. The molecule has 2 N–H and O–H groups in total. The van der Waals surface area contributed by atoms with E-state index < -0.39 is 0 Å². The third-order valence-corrected chi connectivity index (χ3v) is 3.08. The summed E-state index contributed by atoms with van der Waals surface area (Å²) in [6, 6.07) is 0. The van der Waals surface area contributed by atoms with Gasteiger partial charge in [-0.2, -0.15) is 5.10 Å². The quantitative estimate of drug-likeness (QED) is 0.885. The molecule has 88 valence electrons. The van der Waals surface area contributed by atoms with Crippen LogP contribution in [0.2, 0.25) is 5.02 Å². The topological polar surface area (TPSA) is 69.6 Å². The molecule has 0 spiro atoms. The molecule has 17 heavy (non-hydrogen) atoms. The van der Waals surface area contributed by atoms with Crippen LogP contribution < -0.4 is 5.73 Å². The van der Waals surface area contributed by atoms with Crippen LogP contribution in [0.4, 0.5) is 5.82 Å². The highest BCUT2D eigenvalue weighted by Gasteiger charge is 2.28. The van der Waals surface area contributed by atoms with Gasteiger partial charge in [0.1, 0.15) is 11.6 Å². The molecular weight excluding hydrogens is 238 g/mol. The summed E-state index contributed by atoms with van der Waals surface area (Å²) in [6.07, 6.45) is 5.58. The van der Waals surface area contributed by atoms with Crippen molar-refractivity contribution in [1.82, 2.24) is 19.7 Å². The molecule has 0 unspecified atom stereocenters. The van der Waals surface area contributed by atoms with Crippen molar-refractivity contribution >= 4 is 17.4 Å². The van der Waals surface area contributed by atoms with Crippen LogP contribution in [0.5, 0.6) is 0 Å². The molecular formula is C11H12ClN5. The van der Waals surface area contributed by atoms with Crippen molar-refractivity contribution in [3.8, 4) is 5.82 Å². The summed E-state index contributed by atoms with van der Waals surface area (Å²) in [5, 5.41) is 4.73. The first kappa shape index (κ1) is 10.5. The summed E-state index contributed by atoms with van der Waals surface area (Å²) < 4.78 is 1.64. The fourth-order valence-electron chi connectivity index (χ4n) is 1.70. The number of nitrogen functional groups attached to an aromatic ring is 1. The Morgan fingerprint density at radius 3 is 2.76 bits per heavy atom. The van der Waals surface area contributed by atoms with Crippen LogP contribution in [-0.2, 0) is 0 Å². The lowest BCUT2D eigenvalue weighted by Crippen LogP contribution is -2.09. The van der Waals surface area contributed by atoms with E-state index in [0.29, 0.717) is 22.6 Å². The van der Waals surface area contributed by atoms with Gasteiger partial charge in [-0.3, -0.25) is 0 Å². The number of hydrogen-bond donors (Lipinski definition) is 1. The van der Waals surface area contributed by atoms with Gasteiger partial charge < -0.3 is 5.73 Å². The number of halogens is 1. The van der Waals surface area contributed by atoms with E-state index in [-0.39, 0.29) is 0 Å². The molecule has 2 aromatic rings. The van der Waals surface area contributed by atoms with Gasteiger partial charge in [-0.05, 0) is 19.8 Å². The highest BCUT2D eigenvalue weighted by Crippen LogP contribution is 2.39. The van der Waals surface area contributed by atoms with Gasteiger partial charge in [0.15, 0.2) is 5.82 Å². The van der Waals surface area contributed by atoms with E-state index in [2.05, 4.69) is 15.1 Å². The van der Waals surface area contributed by atoms with E-state index in [0.717, 1.165) is 24.2 Å². The zero-order valence-electron chi connectivity index (χ0n) is 9.39. The third-order valence-electron chi connectivity index (χ3n) is 2.89. The minimum atomic E-state index is 0.461. The van der Waals surface area contributed by atoms with Crippen LogP contribution in [0.3, 0.4) is 0 Å². The molecule has 0 aromatic carbocycles. The molecule has 0 amide bonds. The maximum atomic E-state index is 5.91. The number of hydrogen-bond acceptors (Lipinski definition) is 4. The van der Waals surface area contributed by atoms with Gasteiger partial charge in [0.2, 0.25) is 0 Å². The number of rotatable bonds is 2. The second-order valence-corrected chi connectivity index (χ2v) is 4.73. The Bertz CT molecular complexity index is 573. The summed E-state index contributed by atoms with van der Waals surface area (Å²) in [5.74, 6) is 2.51. The zero-order chi connectivity index (χ0) is 12.0.